The molecule has 0 aliphatic carbocycles. The summed E-state index contributed by atoms with van der Waals surface area (Å²) in [7, 11) is 0. The third kappa shape index (κ3) is 4.61. The second-order valence-corrected chi connectivity index (χ2v) is 6.15. The lowest BCUT2D eigenvalue weighted by molar-refractivity contribution is 0.203. The van der Waals surface area contributed by atoms with E-state index in [-0.39, 0.29) is 12.1 Å². The van der Waals surface area contributed by atoms with Crippen molar-refractivity contribution >= 4 is 6.03 Å². The van der Waals surface area contributed by atoms with Gasteiger partial charge in [-0.3, -0.25) is 4.90 Å². The molecule has 0 spiro atoms. The Bertz CT molecular complexity index is 713. The van der Waals surface area contributed by atoms with Crippen LogP contribution in [0, 0.1) is 11.3 Å². The Labute approximate surface area is 147 Å². The number of rotatable bonds is 6. The number of urea groups is 1. The van der Waals surface area contributed by atoms with Crippen molar-refractivity contribution in [1.82, 2.24) is 15.5 Å². The van der Waals surface area contributed by atoms with Crippen LogP contribution in [0.15, 0.2) is 47.1 Å². The maximum Gasteiger partial charge on any atom is 0.315 e. The number of amides is 2. The Morgan fingerprint density at radius 2 is 1.96 bits per heavy atom. The van der Waals surface area contributed by atoms with Crippen molar-refractivity contribution in [3.63, 3.8) is 0 Å². The number of carbonyl (C=O) groups is 1. The summed E-state index contributed by atoms with van der Waals surface area (Å²) in [6.45, 7) is 2.99. The maximum atomic E-state index is 12.1. The van der Waals surface area contributed by atoms with E-state index in [4.69, 9.17) is 9.68 Å². The van der Waals surface area contributed by atoms with E-state index in [1.165, 1.54) is 12.8 Å². The van der Waals surface area contributed by atoms with Gasteiger partial charge in [0.2, 0.25) is 0 Å². The highest BCUT2D eigenvalue weighted by molar-refractivity contribution is 5.73. The number of benzene rings is 1. The summed E-state index contributed by atoms with van der Waals surface area (Å²) in [4.78, 5) is 14.5. The van der Waals surface area contributed by atoms with Gasteiger partial charge < -0.3 is 15.1 Å². The molecule has 1 atom stereocenters. The van der Waals surface area contributed by atoms with Gasteiger partial charge in [-0.15, -0.1) is 0 Å². The number of hydrogen-bond donors (Lipinski definition) is 2. The first-order chi connectivity index (χ1) is 12.3. The largest absolute Gasteiger partial charge is 0.468 e. The molecule has 2 N–H and O–H groups in total. The molecule has 1 aromatic heterocycles. The Kier molecular flexibility index (Phi) is 5.70. The van der Waals surface area contributed by atoms with Gasteiger partial charge in [0.25, 0.3) is 0 Å². The molecule has 0 saturated carbocycles. The van der Waals surface area contributed by atoms with E-state index in [9.17, 15) is 4.79 Å². The maximum absolute atomic E-state index is 12.1. The molecule has 1 aromatic carbocycles. The van der Waals surface area contributed by atoms with Crippen molar-refractivity contribution in [2.24, 2.45) is 0 Å². The van der Waals surface area contributed by atoms with E-state index < -0.39 is 0 Å². The Balaban J connectivity index is 1.50. The number of carbonyl (C=O) groups excluding carboxylic acids is 1. The molecule has 1 saturated heterocycles. The van der Waals surface area contributed by atoms with Crippen molar-refractivity contribution < 1.29 is 9.21 Å². The molecule has 1 unspecified atom stereocenters. The van der Waals surface area contributed by atoms with Crippen LogP contribution in [0.25, 0.3) is 0 Å². The number of hydrogen-bond acceptors (Lipinski definition) is 4. The molecular formula is C19H22N4O2. The van der Waals surface area contributed by atoms with E-state index in [1.807, 2.05) is 24.3 Å². The summed E-state index contributed by atoms with van der Waals surface area (Å²) in [5.41, 5.74) is 1.57. The number of likely N-dealkylation sites (tertiary alicyclic amines) is 1. The molecule has 130 valence electrons. The number of nitriles is 1. The number of nitrogens with zero attached hydrogens (tertiary/aromatic N) is 2. The smallest absolute Gasteiger partial charge is 0.315 e. The summed E-state index contributed by atoms with van der Waals surface area (Å²) < 4.78 is 5.55. The molecular weight excluding hydrogens is 316 g/mol. The zero-order chi connectivity index (χ0) is 17.5. The normalized spacial score (nSPS) is 15.5. The van der Waals surface area contributed by atoms with E-state index >= 15 is 0 Å². The molecule has 1 aliphatic heterocycles. The summed E-state index contributed by atoms with van der Waals surface area (Å²) >= 11 is 0. The Morgan fingerprint density at radius 1 is 1.20 bits per heavy atom. The molecule has 2 amide bonds. The van der Waals surface area contributed by atoms with Crippen LogP contribution in [0.5, 0.6) is 0 Å². The van der Waals surface area contributed by atoms with Crippen molar-refractivity contribution in [2.75, 3.05) is 19.6 Å². The molecule has 25 heavy (non-hydrogen) atoms. The first-order valence-corrected chi connectivity index (χ1v) is 8.54. The third-order valence-corrected chi connectivity index (χ3v) is 4.45. The van der Waals surface area contributed by atoms with Crippen molar-refractivity contribution in [3.05, 3.63) is 59.5 Å². The minimum absolute atomic E-state index is 0.0677. The van der Waals surface area contributed by atoms with Gasteiger partial charge in [0.1, 0.15) is 5.76 Å². The minimum Gasteiger partial charge on any atom is -0.468 e. The summed E-state index contributed by atoms with van der Waals surface area (Å²) in [5.74, 6) is 0.884. The zero-order valence-corrected chi connectivity index (χ0v) is 14.1. The monoisotopic (exact) mass is 338 g/mol. The highest BCUT2D eigenvalue weighted by Gasteiger charge is 2.25. The van der Waals surface area contributed by atoms with Crippen LogP contribution in [0.3, 0.4) is 0 Å². The molecule has 2 heterocycles. The van der Waals surface area contributed by atoms with Crippen LogP contribution < -0.4 is 10.6 Å². The SMILES string of the molecule is N#Cc1ccc(CNC(=O)NCC(c2ccco2)N2CCCC2)cc1. The number of furan rings is 1. The van der Waals surface area contributed by atoms with E-state index in [1.54, 1.807) is 18.4 Å². The van der Waals surface area contributed by atoms with Crippen molar-refractivity contribution in [3.8, 4) is 6.07 Å². The number of nitrogens with one attached hydrogen (secondary N) is 2. The fourth-order valence-electron chi connectivity index (χ4n) is 3.08. The third-order valence-electron chi connectivity index (χ3n) is 4.45. The highest BCUT2D eigenvalue weighted by atomic mass is 16.3. The average Bonchev–Trinajstić information content (AvgIpc) is 3.35. The predicted octanol–water partition coefficient (Wildman–Crippen LogP) is 2.79. The fraction of sp³-hybridized carbons (Fsp3) is 0.368. The quantitative estimate of drug-likeness (QED) is 0.848. The molecule has 0 radical (unpaired) electrons. The van der Waals surface area contributed by atoms with Crippen LogP contribution in [0.2, 0.25) is 0 Å². The molecule has 0 bridgehead atoms. The molecule has 3 rings (SSSR count). The van der Waals surface area contributed by atoms with Gasteiger partial charge in [-0.25, -0.2) is 4.79 Å². The lowest BCUT2D eigenvalue weighted by Gasteiger charge is -2.26. The van der Waals surface area contributed by atoms with Gasteiger partial charge in [0.05, 0.1) is 23.9 Å². The van der Waals surface area contributed by atoms with E-state index in [2.05, 4.69) is 21.6 Å². The van der Waals surface area contributed by atoms with Gasteiger partial charge in [-0.1, -0.05) is 12.1 Å². The van der Waals surface area contributed by atoms with Crippen molar-refractivity contribution in [1.29, 1.82) is 5.26 Å². The molecule has 1 fully saturated rings. The predicted molar refractivity (Wildman–Crippen MR) is 93.7 cm³/mol. The van der Waals surface area contributed by atoms with E-state index in [0.29, 0.717) is 18.7 Å². The molecule has 1 aliphatic rings. The second-order valence-electron chi connectivity index (χ2n) is 6.15. The Morgan fingerprint density at radius 3 is 2.60 bits per heavy atom. The topological polar surface area (TPSA) is 81.3 Å². The van der Waals surface area contributed by atoms with Gasteiger partial charge >= 0.3 is 6.03 Å². The fourth-order valence-corrected chi connectivity index (χ4v) is 3.08. The van der Waals surface area contributed by atoms with Crippen molar-refractivity contribution in [2.45, 2.75) is 25.4 Å². The van der Waals surface area contributed by atoms with Crippen LogP contribution >= 0.6 is 0 Å². The van der Waals surface area contributed by atoms with Gasteiger partial charge in [0, 0.05) is 13.1 Å². The highest BCUT2D eigenvalue weighted by Crippen LogP contribution is 2.24. The van der Waals surface area contributed by atoms with Gasteiger partial charge in [0.15, 0.2) is 0 Å². The first kappa shape index (κ1) is 17.1. The lowest BCUT2D eigenvalue weighted by atomic mass is 10.1. The second kappa shape index (κ2) is 8.36. The van der Waals surface area contributed by atoms with Gasteiger partial charge in [-0.2, -0.15) is 5.26 Å². The molecule has 2 aromatic rings. The zero-order valence-electron chi connectivity index (χ0n) is 14.1. The van der Waals surface area contributed by atoms with Crippen LogP contribution in [0.4, 0.5) is 4.79 Å². The molecule has 6 heteroatoms. The van der Waals surface area contributed by atoms with E-state index in [0.717, 1.165) is 24.4 Å². The summed E-state index contributed by atoms with van der Waals surface area (Å²) in [6.07, 6.45) is 4.04. The van der Waals surface area contributed by atoms with Crippen LogP contribution in [-0.2, 0) is 6.54 Å². The molecule has 6 nitrogen and oxygen atoms in total. The summed E-state index contributed by atoms with van der Waals surface area (Å²) in [5, 5.41) is 14.6. The van der Waals surface area contributed by atoms with Crippen LogP contribution in [-0.4, -0.2) is 30.6 Å². The average molecular weight is 338 g/mol. The Hall–Kier alpha value is -2.78. The summed E-state index contributed by atoms with van der Waals surface area (Å²) in [6, 6.07) is 12.9. The first-order valence-electron chi connectivity index (χ1n) is 8.54. The standard InChI is InChI=1S/C19H22N4O2/c20-12-15-5-7-16(8-6-15)13-21-19(24)22-14-17(18-4-3-11-25-18)23-9-1-2-10-23/h3-8,11,17H,1-2,9-10,13-14H2,(H2,21,22,24). The van der Waals surface area contributed by atoms with Gasteiger partial charge in [-0.05, 0) is 55.8 Å². The minimum atomic E-state index is -0.208. The lowest BCUT2D eigenvalue weighted by Crippen LogP contribution is -2.41. The van der Waals surface area contributed by atoms with Crippen LogP contribution in [0.1, 0.15) is 35.8 Å².